The molecule has 0 aromatic heterocycles. The third-order valence-electron chi connectivity index (χ3n) is 3.04. The van der Waals surface area contributed by atoms with Gasteiger partial charge in [-0.2, -0.15) is 0 Å². The van der Waals surface area contributed by atoms with Gasteiger partial charge in [0.1, 0.15) is 11.6 Å². The Kier molecular flexibility index (Phi) is 3.70. The molecule has 0 atom stereocenters. The van der Waals surface area contributed by atoms with Crippen molar-refractivity contribution in [2.45, 2.75) is 13.8 Å². The summed E-state index contributed by atoms with van der Waals surface area (Å²) < 4.78 is 26.8. The number of nitrogens with two attached hydrogens (primary N) is 1. The molecule has 2 aromatic carbocycles. The molecule has 104 valence electrons. The van der Waals surface area contributed by atoms with Gasteiger partial charge in [0, 0.05) is 6.07 Å². The van der Waals surface area contributed by atoms with Crippen molar-refractivity contribution in [2.75, 3.05) is 11.1 Å². The predicted molar refractivity (Wildman–Crippen MR) is 74.6 cm³/mol. The van der Waals surface area contributed by atoms with Gasteiger partial charge in [0.15, 0.2) is 0 Å². The molecule has 0 heterocycles. The van der Waals surface area contributed by atoms with Gasteiger partial charge in [0.25, 0.3) is 5.91 Å². The van der Waals surface area contributed by atoms with Crippen molar-refractivity contribution in [3.8, 4) is 0 Å². The second-order valence-corrected chi connectivity index (χ2v) is 4.57. The summed E-state index contributed by atoms with van der Waals surface area (Å²) in [6.07, 6.45) is 0. The van der Waals surface area contributed by atoms with E-state index in [4.69, 9.17) is 5.73 Å². The number of halogens is 2. The standard InChI is InChI=1S/C15H14F2N2O/c1-8-4-3-5-13(18)14(8)19-15(20)10-6-9(2)11(16)7-12(10)17/h3-7H,18H2,1-2H3,(H,19,20). The molecule has 0 unspecified atom stereocenters. The molecule has 3 nitrogen and oxygen atoms in total. The Labute approximate surface area is 115 Å². The highest BCUT2D eigenvalue weighted by molar-refractivity contribution is 6.06. The first-order chi connectivity index (χ1) is 9.40. The summed E-state index contributed by atoms with van der Waals surface area (Å²) in [4.78, 5) is 12.1. The maximum atomic E-state index is 13.7. The Balaban J connectivity index is 2.36. The van der Waals surface area contributed by atoms with Gasteiger partial charge in [-0.05, 0) is 37.1 Å². The average Bonchev–Trinajstić information content (AvgIpc) is 2.38. The molecule has 0 saturated carbocycles. The normalized spacial score (nSPS) is 10.4. The van der Waals surface area contributed by atoms with Crippen LogP contribution >= 0.6 is 0 Å². The second kappa shape index (κ2) is 5.28. The highest BCUT2D eigenvalue weighted by Gasteiger charge is 2.16. The number of para-hydroxylation sites is 1. The molecule has 5 heteroatoms. The minimum absolute atomic E-state index is 0.203. The molecular formula is C15H14F2N2O. The zero-order chi connectivity index (χ0) is 14.9. The number of anilines is 2. The van der Waals surface area contributed by atoms with Crippen LogP contribution in [0.1, 0.15) is 21.5 Å². The van der Waals surface area contributed by atoms with E-state index in [-0.39, 0.29) is 11.1 Å². The van der Waals surface area contributed by atoms with Gasteiger partial charge < -0.3 is 11.1 Å². The van der Waals surface area contributed by atoms with Gasteiger partial charge in [-0.25, -0.2) is 8.78 Å². The van der Waals surface area contributed by atoms with Crippen molar-refractivity contribution in [2.24, 2.45) is 0 Å². The lowest BCUT2D eigenvalue weighted by molar-refractivity contribution is 0.102. The molecule has 0 aliphatic rings. The summed E-state index contributed by atoms with van der Waals surface area (Å²) in [5, 5.41) is 2.56. The number of carbonyl (C=O) groups is 1. The minimum Gasteiger partial charge on any atom is -0.397 e. The molecule has 0 aliphatic carbocycles. The van der Waals surface area contributed by atoms with E-state index >= 15 is 0 Å². The molecule has 0 aliphatic heterocycles. The Morgan fingerprint density at radius 2 is 1.80 bits per heavy atom. The zero-order valence-electron chi connectivity index (χ0n) is 11.1. The van der Waals surface area contributed by atoms with Gasteiger partial charge in [0.2, 0.25) is 0 Å². The maximum Gasteiger partial charge on any atom is 0.258 e. The van der Waals surface area contributed by atoms with Crippen LogP contribution in [0.25, 0.3) is 0 Å². The molecule has 0 saturated heterocycles. The van der Waals surface area contributed by atoms with Crippen LogP contribution in [-0.4, -0.2) is 5.91 Å². The monoisotopic (exact) mass is 276 g/mol. The number of hydrogen-bond acceptors (Lipinski definition) is 2. The number of rotatable bonds is 2. The fourth-order valence-corrected chi connectivity index (χ4v) is 1.87. The van der Waals surface area contributed by atoms with Gasteiger partial charge in [-0.1, -0.05) is 12.1 Å². The number of amides is 1. The topological polar surface area (TPSA) is 55.1 Å². The van der Waals surface area contributed by atoms with Crippen molar-refractivity contribution in [3.05, 3.63) is 58.7 Å². The van der Waals surface area contributed by atoms with Crippen LogP contribution in [0, 0.1) is 25.5 Å². The largest absolute Gasteiger partial charge is 0.397 e. The van der Waals surface area contributed by atoms with E-state index in [0.29, 0.717) is 17.4 Å². The summed E-state index contributed by atoms with van der Waals surface area (Å²) in [6, 6.07) is 7.04. The molecule has 0 bridgehead atoms. The second-order valence-electron chi connectivity index (χ2n) is 4.57. The van der Waals surface area contributed by atoms with Crippen molar-refractivity contribution in [1.29, 1.82) is 0 Å². The summed E-state index contributed by atoms with van der Waals surface area (Å²) in [6.45, 7) is 3.24. The fraction of sp³-hybridized carbons (Fsp3) is 0.133. The molecule has 2 rings (SSSR count). The lowest BCUT2D eigenvalue weighted by atomic mass is 10.1. The molecule has 0 fully saturated rings. The first kappa shape index (κ1) is 14.0. The van der Waals surface area contributed by atoms with Crippen molar-refractivity contribution >= 4 is 17.3 Å². The lowest BCUT2D eigenvalue weighted by Crippen LogP contribution is -2.16. The Hall–Kier alpha value is -2.43. The molecule has 3 N–H and O–H groups in total. The first-order valence-corrected chi connectivity index (χ1v) is 6.02. The number of nitrogen functional groups attached to an aromatic ring is 1. The van der Waals surface area contributed by atoms with Gasteiger partial charge in [0.05, 0.1) is 16.9 Å². The van der Waals surface area contributed by atoms with Crippen molar-refractivity contribution < 1.29 is 13.6 Å². The highest BCUT2D eigenvalue weighted by atomic mass is 19.1. The van der Waals surface area contributed by atoms with Crippen LogP contribution in [0.15, 0.2) is 30.3 Å². The quantitative estimate of drug-likeness (QED) is 0.826. The van der Waals surface area contributed by atoms with Crippen molar-refractivity contribution in [3.63, 3.8) is 0 Å². The predicted octanol–water partition coefficient (Wildman–Crippen LogP) is 3.42. The van der Waals surface area contributed by atoms with E-state index in [0.717, 1.165) is 5.56 Å². The number of aryl methyl sites for hydroxylation is 2. The van der Waals surface area contributed by atoms with Crippen LogP contribution in [0.3, 0.4) is 0 Å². The van der Waals surface area contributed by atoms with E-state index in [1.54, 1.807) is 25.1 Å². The molecule has 0 spiro atoms. The number of nitrogens with one attached hydrogen (secondary N) is 1. The van der Waals surface area contributed by atoms with Crippen LogP contribution in [-0.2, 0) is 0 Å². The lowest BCUT2D eigenvalue weighted by Gasteiger charge is -2.12. The van der Waals surface area contributed by atoms with Gasteiger partial charge in [-0.3, -0.25) is 4.79 Å². The van der Waals surface area contributed by atoms with E-state index < -0.39 is 17.5 Å². The van der Waals surface area contributed by atoms with E-state index in [1.165, 1.54) is 13.0 Å². The maximum absolute atomic E-state index is 13.7. The third kappa shape index (κ3) is 2.61. The van der Waals surface area contributed by atoms with Crippen LogP contribution in [0.4, 0.5) is 20.2 Å². The van der Waals surface area contributed by atoms with Crippen molar-refractivity contribution in [1.82, 2.24) is 0 Å². The highest BCUT2D eigenvalue weighted by Crippen LogP contribution is 2.24. The summed E-state index contributed by atoms with van der Waals surface area (Å²) in [5.74, 6) is -2.25. The molecule has 0 radical (unpaired) electrons. The van der Waals surface area contributed by atoms with E-state index in [2.05, 4.69) is 5.32 Å². The third-order valence-corrected chi connectivity index (χ3v) is 3.04. The number of carbonyl (C=O) groups excluding carboxylic acids is 1. The summed E-state index contributed by atoms with van der Waals surface area (Å²) >= 11 is 0. The smallest absolute Gasteiger partial charge is 0.258 e. The minimum atomic E-state index is -0.905. The van der Waals surface area contributed by atoms with E-state index in [9.17, 15) is 13.6 Å². The molecule has 20 heavy (non-hydrogen) atoms. The van der Waals surface area contributed by atoms with Crippen LogP contribution in [0.5, 0.6) is 0 Å². The Morgan fingerprint density at radius 1 is 1.10 bits per heavy atom. The fourth-order valence-electron chi connectivity index (χ4n) is 1.87. The molecular weight excluding hydrogens is 262 g/mol. The SMILES string of the molecule is Cc1cc(C(=O)Nc2c(C)cccc2N)c(F)cc1F. The average molecular weight is 276 g/mol. The van der Waals surface area contributed by atoms with E-state index in [1.807, 2.05) is 0 Å². The summed E-state index contributed by atoms with van der Waals surface area (Å²) in [5.41, 5.74) is 7.34. The molecule has 2 aromatic rings. The molecule has 1 amide bonds. The van der Waals surface area contributed by atoms with Crippen LogP contribution < -0.4 is 11.1 Å². The van der Waals surface area contributed by atoms with Gasteiger partial charge >= 0.3 is 0 Å². The Morgan fingerprint density at radius 3 is 2.45 bits per heavy atom. The first-order valence-electron chi connectivity index (χ1n) is 6.02. The number of benzene rings is 2. The number of hydrogen-bond donors (Lipinski definition) is 2. The zero-order valence-corrected chi connectivity index (χ0v) is 11.1. The summed E-state index contributed by atoms with van der Waals surface area (Å²) in [7, 11) is 0. The Bertz CT molecular complexity index is 664. The van der Waals surface area contributed by atoms with Crippen LogP contribution in [0.2, 0.25) is 0 Å². The van der Waals surface area contributed by atoms with Gasteiger partial charge in [-0.15, -0.1) is 0 Å².